The lowest BCUT2D eigenvalue weighted by Gasteiger charge is -2.30. The van der Waals surface area contributed by atoms with Gasteiger partial charge in [-0.15, -0.1) is 0 Å². The fraction of sp³-hybridized carbons (Fsp3) is 0.412. The minimum absolute atomic E-state index is 0.0760. The first-order chi connectivity index (χ1) is 10.9. The predicted molar refractivity (Wildman–Crippen MR) is 88.2 cm³/mol. The molecule has 6 nitrogen and oxygen atoms in total. The lowest BCUT2D eigenvalue weighted by Crippen LogP contribution is -2.41. The number of aryl methyl sites for hydroxylation is 1. The van der Waals surface area contributed by atoms with Crippen LogP contribution in [-0.4, -0.2) is 28.8 Å². The van der Waals surface area contributed by atoms with Gasteiger partial charge >= 0.3 is 0 Å². The van der Waals surface area contributed by atoms with Crippen LogP contribution in [0.4, 0.5) is 5.82 Å². The van der Waals surface area contributed by atoms with E-state index in [4.69, 9.17) is 9.47 Å². The zero-order valence-electron chi connectivity index (χ0n) is 13.9. The molecule has 1 aromatic carbocycles. The first kappa shape index (κ1) is 15.4. The summed E-state index contributed by atoms with van der Waals surface area (Å²) in [5.74, 6) is 2.23. The minimum Gasteiger partial charge on any atom is -0.497 e. The van der Waals surface area contributed by atoms with Crippen molar-refractivity contribution in [3.63, 3.8) is 0 Å². The van der Waals surface area contributed by atoms with Crippen LogP contribution < -0.4 is 19.9 Å². The van der Waals surface area contributed by atoms with Gasteiger partial charge in [0.2, 0.25) is 0 Å². The molecule has 0 bridgehead atoms. The van der Waals surface area contributed by atoms with Crippen molar-refractivity contribution in [1.29, 1.82) is 0 Å². The van der Waals surface area contributed by atoms with Gasteiger partial charge in [0.15, 0.2) is 0 Å². The Hall–Kier alpha value is -2.50. The largest absolute Gasteiger partial charge is 0.497 e. The molecule has 0 unspecified atom stereocenters. The van der Waals surface area contributed by atoms with Crippen LogP contribution in [0.5, 0.6) is 11.5 Å². The van der Waals surface area contributed by atoms with E-state index in [1.165, 1.54) is 4.57 Å². The molecule has 1 aliphatic heterocycles. The number of hydrogen-bond donors (Lipinski definition) is 0. The van der Waals surface area contributed by atoms with Crippen LogP contribution >= 0.6 is 0 Å². The van der Waals surface area contributed by atoms with E-state index in [1.54, 1.807) is 26.6 Å². The quantitative estimate of drug-likeness (QED) is 0.848. The fourth-order valence-corrected chi connectivity index (χ4v) is 2.73. The van der Waals surface area contributed by atoms with Gasteiger partial charge in [-0.3, -0.25) is 4.79 Å². The van der Waals surface area contributed by atoms with Gasteiger partial charge in [-0.25, -0.2) is 4.98 Å². The highest BCUT2D eigenvalue weighted by Crippen LogP contribution is 2.33. The van der Waals surface area contributed by atoms with Gasteiger partial charge < -0.3 is 18.9 Å². The Morgan fingerprint density at radius 3 is 2.78 bits per heavy atom. The van der Waals surface area contributed by atoms with E-state index in [0.717, 1.165) is 17.1 Å². The number of rotatable bonds is 2. The summed E-state index contributed by atoms with van der Waals surface area (Å²) in [7, 11) is 3.33. The normalized spacial score (nSPS) is 16.3. The molecule has 0 saturated carbocycles. The van der Waals surface area contributed by atoms with E-state index < -0.39 is 5.60 Å². The number of methoxy groups -OCH3 is 1. The highest BCUT2D eigenvalue weighted by atomic mass is 16.5. The van der Waals surface area contributed by atoms with Gasteiger partial charge in [0.1, 0.15) is 22.9 Å². The number of ether oxygens (including phenoxy) is 2. The van der Waals surface area contributed by atoms with Crippen molar-refractivity contribution in [1.82, 2.24) is 9.55 Å². The molecule has 122 valence electrons. The van der Waals surface area contributed by atoms with Crippen molar-refractivity contribution in [2.24, 2.45) is 7.05 Å². The fourth-order valence-electron chi connectivity index (χ4n) is 2.73. The highest BCUT2D eigenvalue weighted by molar-refractivity contribution is 5.47. The highest BCUT2D eigenvalue weighted by Gasteiger charge is 2.30. The van der Waals surface area contributed by atoms with Crippen LogP contribution in [0.2, 0.25) is 0 Å². The zero-order chi connectivity index (χ0) is 16.6. The summed E-state index contributed by atoms with van der Waals surface area (Å²) in [5, 5.41) is 0. The number of fused-ring (bicyclic) bond motifs is 1. The molecule has 1 aromatic heterocycles. The van der Waals surface area contributed by atoms with E-state index in [-0.39, 0.29) is 5.56 Å². The summed E-state index contributed by atoms with van der Waals surface area (Å²) in [4.78, 5) is 18.4. The van der Waals surface area contributed by atoms with Crippen LogP contribution in [0.3, 0.4) is 0 Å². The number of hydrogen-bond acceptors (Lipinski definition) is 5. The van der Waals surface area contributed by atoms with Crippen LogP contribution in [0.1, 0.15) is 19.4 Å². The molecular formula is C17H21N3O3. The van der Waals surface area contributed by atoms with Crippen molar-refractivity contribution in [2.75, 3.05) is 18.6 Å². The molecule has 0 saturated heterocycles. The van der Waals surface area contributed by atoms with Crippen molar-refractivity contribution in [3.05, 3.63) is 46.5 Å². The third-order valence-corrected chi connectivity index (χ3v) is 3.88. The Bertz CT molecular complexity index is 783. The van der Waals surface area contributed by atoms with E-state index in [0.29, 0.717) is 18.9 Å². The number of nitrogens with zero attached hydrogens (tertiary/aromatic N) is 3. The lowest BCUT2D eigenvalue weighted by molar-refractivity contribution is 0.120. The second kappa shape index (κ2) is 5.61. The van der Waals surface area contributed by atoms with Gasteiger partial charge in [-0.1, -0.05) is 0 Å². The average Bonchev–Trinajstić information content (AvgIpc) is 2.63. The molecule has 2 heterocycles. The first-order valence-electron chi connectivity index (χ1n) is 7.51. The molecule has 1 aliphatic rings. The Morgan fingerprint density at radius 1 is 1.30 bits per heavy atom. The molecule has 23 heavy (non-hydrogen) atoms. The second-order valence-electron chi connectivity index (χ2n) is 6.39. The molecule has 2 aromatic rings. The average molecular weight is 315 g/mol. The van der Waals surface area contributed by atoms with Crippen molar-refractivity contribution >= 4 is 5.82 Å². The lowest BCUT2D eigenvalue weighted by atomic mass is 10.1. The molecular weight excluding hydrogens is 294 g/mol. The standard InChI is InChI=1S/C17H21N3O3/c1-17(2)10-20(15-8-16(21)19(3)11-18-15)9-12-5-6-13(22-4)7-14(12)23-17/h5-8,11H,9-10H2,1-4H3. The van der Waals surface area contributed by atoms with Crippen LogP contribution in [0.25, 0.3) is 0 Å². The van der Waals surface area contributed by atoms with Crippen molar-refractivity contribution in [2.45, 2.75) is 26.0 Å². The van der Waals surface area contributed by atoms with Gasteiger partial charge in [-0.2, -0.15) is 0 Å². The first-order valence-corrected chi connectivity index (χ1v) is 7.51. The Balaban J connectivity index is 2.02. The summed E-state index contributed by atoms with van der Waals surface area (Å²) in [6.45, 7) is 5.30. The van der Waals surface area contributed by atoms with E-state index >= 15 is 0 Å². The van der Waals surface area contributed by atoms with E-state index in [1.807, 2.05) is 32.0 Å². The summed E-state index contributed by atoms with van der Waals surface area (Å²) < 4.78 is 12.9. The molecule has 0 atom stereocenters. The second-order valence-corrected chi connectivity index (χ2v) is 6.39. The number of anilines is 1. The van der Waals surface area contributed by atoms with Crippen LogP contribution in [0, 0.1) is 0 Å². The number of aromatic nitrogens is 2. The molecule has 0 aliphatic carbocycles. The molecule has 0 fully saturated rings. The Labute approximate surface area is 135 Å². The monoisotopic (exact) mass is 315 g/mol. The molecule has 0 amide bonds. The van der Waals surface area contributed by atoms with Crippen molar-refractivity contribution in [3.8, 4) is 11.5 Å². The third-order valence-electron chi connectivity index (χ3n) is 3.88. The maximum absolute atomic E-state index is 11.9. The van der Waals surface area contributed by atoms with Crippen LogP contribution in [-0.2, 0) is 13.6 Å². The smallest absolute Gasteiger partial charge is 0.255 e. The predicted octanol–water partition coefficient (Wildman–Crippen LogP) is 1.97. The summed E-state index contributed by atoms with van der Waals surface area (Å²) in [5.41, 5.74) is 0.548. The summed E-state index contributed by atoms with van der Waals surface area (Å²) >= 11 is 0. The van der Waals surface area contributed by atoms with Gasteiger partial charge in [0.05, 0.1) is 20.0 Å². The zero-order valence-corrected chi connectivity index (χ0v) is 13.9. The Morgan fingerprint density at radius 2 is 2.09 bits per heavy atom. The van der Waals surface area contributed by atoms with E-state index in [9.17, 15) is 4.79 Å². The molecule has 0 spiro atoms. The summed E-state index contributed by atoms with van der Waals surface area (Å²) in [6, 6.07) is 7.36. The van der Waals surface area contributed by atoms with Crippen molar-refractivity contribution < 1.29 is 9.47 Å². The summed E-state index contributed by atoms with van der Waals surface area (Å²) in [6.07, 6.45) is 1.55. The van der Waals surface area contributed by atoms with E-state index in [2.05, 4.69) is 9.88 Å². The van der Waals surface area contributed by atoms with Gasteiger partial charge in [0, 0.05) is 31.3 Å². The Kier molecular flexibility index (Phi) is 3.75. The van der Waals surface area contributed by atoms with Crippen LogP contribution in [0.15, 0.2) is 35.4 Å². The SMILES string of the molecule is COc1ccc2c(c1)OC(C)(C)CN(c1cc(=O)n(C)cn1)C2. The minimum atomic E-state index is -0.416. The maximum atomic E-state index is 11.9. The van der Waals surface area contributed by atoms with Gasteiger partial charge in [-0.05, 0) is 26.0 Å². The molecule has 0 radical (unpaired) electrons. The molecule has 3 rings (SSSR count). The van der Waals surface area contributed by atoms with Gasteiger partial charge in [0.25, 0.3) is 5.56 Å². The maximum Gasteiger partial charge on any atom is 0.255 e. The molecule has 6 heteroatoms. The number of benzene rings is 1. The topological polar surface area (TPSA) is 56.6 Å². The molecule has 0 N–H and O–H groups in total. The third kappa shape index (κ3) is 3.16.